The van der Waals surface area contributed by atoms with Crippen molar-refractivity contribution >= 4 is 5.69 Å². The summed E-state index contributed by atoms with van der Waals surface area (Å²) in [6.45, 7) is 3.40. The molecular weight excluding hydrogens is 319 g/mol. The van der Waals surface area contributed by atoms with Crippen molar-refractivity contribution in [2.45, 2.75) is 26.2 Å². The van der Waals surface area contributed by atoms with E-state index >= 15 is 0 Å². The van der Waals surface area contributed by atoms with Crippen LogP contribution in [0.25, 0.3) is 0 Å². The molecule has 9 heteroatoms. The van der Waals surface area contributed by atoms with Crippen LogP contribution in [0.15, 0.2) is 17.5 Å². The second-order valence-electron chi connectivity index (χ2n) is 5.85. The molecule has 1 aliphatic heterocycles. The highest BCUT2D eigenvalue weighted by Gasteiger charge is 2.49. The SMILES string of the molecule is CC1=C(C)[N+](C)(N)C(c2c(N)cc(F)c(C(F)(F)F)c2F)N1C. The van der Waals surface area contributed by atoms with Crippen LogP contribution in [0.5, 0.6) is 0 Å². The fourth-order valence-corrected chi connectivity index (χ4v) is 2.97. The van der Waals surface area contributed by atoms with Gasteiger partial charge in [-0.25, -0.2) is 8.78 Å². The molecule has 0 aliphatic carbocycles. The van der Waals surface area contributed by atoms with E-state index in [0.29, 0.717) is 17.5 Å². The third-order valence-electron chi connectivity index (χ3n) is 4.48. The molecule has 23 heavy (non-hydrogen) atoms. The van der Waals surface area contributed by atoms with Crippen LogP contribution in [0.4, 0.5) is 27.6 Å². The number of hydrogen-bond donors (Lipinski definition) is 2. The lowest BCUT2D eigenvalue weighted by atomic mass is 10.0. The van der Waals surface area contributed by atoms with Crippen molar-refractivity contribution in [1.29, 1.82) is 0 Å². The molecule has 0 aromatic heterocycles. The Balaban J connectivity index is 2.76. The zero-order valence-electron chi connectivity index (χ0n) is 13.1. The van der Waals surface area contributed by atoms with Crippen LogP contribution in [0.1, 0.15) is 31.1 Å². The molecule has 0 saturated heterocycles. The maximum atomic E-state index is 14.6. The highest BCUT2D eigenvalue weighted by Crippen LogP contribution is 2.46. The Morgan fingerprint density at radius 2 is 1.74 bits per heavy atom. The van der Waals surface area contributed by atoms with Gasteiger partial charge in [0.05, 0.1) is 18.3 Å². The second-order valence-corrected chi connectivity index (χ2v) is 5.85. The first-order valence-corrected chi connectivity index (χ1v) is 6.72. The summed E-state index contributed by atoms with van der Waals surface area (Å²) in [5.74, 6) is 2.68. The molecule has 0 amide bonds. The van der Waals surface area contributed by atoms with Crippen molar-refractivity contribution in [2.75, 3.05) is 19.8 Å². The molecule has 1 aromatic rings. The van der Waals surface area contributed by atoms with E-state index < -0.39 is 45.4 Å². The predicted molar refractivity (Wildman–Crippen MR) is 75.0 cm³/mol. The van der Waals surface area contributed by atoms with E-state index in [0.717, 1.165) is 0 Å². The molecule has 0 spiro atoms. The van der Waals surface area contributed by atoms with E-state index in [4.69, 9.17) is 11.6 Å². The maximum Gasteiger partial charge on any atom is 0.422 e. The van der Waals surface area contributed by atoms with Crippen molar-refractivity contribution in [1.82, 2.24) is 4.90 Å². The fourth-order valence-electron chi connectivity index (χ4n) is 2.97. The fraction of sp³-hybridized carbons (Fsp3) is 0.429. The van der Waals surface area contributed by atoms with Crippen LogP contribution in [-0.4, -0.2) is 23.6 Å². The summed E-state index contributed by atoms with van der Waals surface area (Å²) in [6, 6.07) is 0.484. The smallest absolute Gasteiger partial charge is 0.398 e. The molecule has 0 bridgehead atoms. The van der Waals surface area contributed by atoms with Crippen molar-refractivity contribution in [3.8, 4) is 0 Å². The summed E-state index contributed by atoms with van der Waals surface area (Å²) >= 11 is 0. The van der Waals surface area contributed by atoms with Crippen LogP contribution >= 0.6 is 0 Å². The van der Waals surface area contributed by atoms with Gasteiger partial charge in [0.2, 0.25) is 6.17 Å². The first-order valence-electron chi connectivity index (χ1n) is 6.72. The number of hydrogen-bond acceptors (Lipinski definition) is 3. The van der Waals surface area contributed by atoms with E-state index in [1.165, 1.54) is 11.9 Å². The molecule has 128 valence electrons. The lowest BCUT2D eigenvalue weighted by Crippen LogP contribution is -2.52. The second kappa shape index (κ2) is 5.07. The standard InChI is InChI=1S/C14H18F5N4/c1-6-7(2)23(4,21)13(22(6)3)10-9(20)5-8(15)11(12(10)16)14(17,18)19/h5,13H,20-21H2,1-4H3/q+1. The van der Waals surface area contributed by atoms with Crippen LogP contribution in [0, 0.1) is 11.6 Å². The number of allylic oxidation sites excluding steroid dienone is 2. The van der Waals surface area contributed by atoms with Gasteiger partial charge < -0.3 is 10.6 Å². The molecule has 0 radical (unpaired) electrons. The molecule has 0 saturated carbocycles. The van der Waals surface area contributed by atoms with Gasteiger partial charge in [0.25, 0.3) is 0 Å². The van der Waals surface area contributed by atoms with Gasteiger partial charge in [-0.05, 0) is 13.0 Å². The summed E-state index contributed by atoms with van der Waals surface area (Å²) < 4.78 is 66.7. The predicted octanol–water partition coefficient (Wildman–Crippen LogP) is 3.08. The van der Waals surface area contributed by atoms with Crippen LogP contribution in [0.3, 0.4) is 0 Å². The van der Waals surface area contributed by atoms with E-state index in [-0.39, 0.29) is 0 Å². The van der Waals surface area contributed by atoms with Crippen LogP contribution < -0.4 is 11.6 Å². The van der Waals surface area contributed by atoms with Gasteiger partial charge in [-0.1, -0.05) is 0 Å². The number of rotatable bonds is 1. The number of halogens is 5. The van der Waals surface area contributed by atoms with Crippen molar-refractivity contribution in [3.05, 3.63) is 40.2 Å². The topological polar surface area (TPSA) is 55.3 Å². The number of nitrogens with two attached hydrogens (primary N) is 2. The van der Waals surface area contributed by atoms with E-state index in [2.05, 4.69) is 0 Å². The Hall–Kier alpha value is -1.87. The maximum absolute atomic E-state index is 14.6. The molecule has 4 nitrogen and oxygen atoms in total. The molecule has 0 fully saturated rings. The summed E-state index contributed by atoms with van der Waals surface area (Å²) in [6.07, 6.45) is -6.21. The van der Waals surface area contributed by atoms with Crippen molar-refractivity contribution < 1.29 is 26.5 Å². The zero-order chi connectivity index (χ0) is 17.9. The number of anilines is 1. The van der Waals surface area contributed by atoms with Crippen LogP contribution in [0.2, 0.25) is 0 Å². The number of quaternary nitrogens is 1. The molecule has 2 unspecified atom stereocenters. The average molecular weight is 337 g/mol. The van der Waals surface area contributed by atoms with Gasteiger partial charge in [0.15, 0.2) is 5.82 Å². The number of nitrogen functional groups attached to an aromatic ring is 1. The third kappa shape index (κ3) is 2.43. The van der Waals surface area contributed by atoms with Gasteiger partial charge in [-0.3, -0.25) is 0 Å². The van der Waals surface area contributed by atoms with Gasteiger partial charge in [-0.2, -0.15) is 23.6 Å². The van der Waals surface area contributed by atoms with Gasteiger partial charge >= 0.3 is 6.18 Å². The third-order valence-corrected chi connectivity index (χ3v) is 4.48. The summed E-state index contributed by atoms with van der Waals surface area (Å²) in [4.78, 5) is 1.53. The number of nitrogens with zero attached hydrogens (tertiary/aromatic N) is 2. The normalized spacial score (nSPS) is 25.5. The van der Waals surface area contributed by atoms with Crippen molar-refractivity contribution in [3.63, 3.8) is 0 Å². The average Bonchev–Trinajstić information content (AvgIpc) is 2.51. The highest BCUT2D eigenvalue weighted by atomic mass is 19.4. The lowest BCUT2D eigenvalue weighted by Gasteiger charge is -2.35. The molecular formula is C14H18F5N4+. The summed E-state index contributed by atoms with van der Waals surface area (Å²) in [7, 11) is 3.08. The highest BCUT2D eigenvalue weighted by molar-refractivity contribution is 5.52. The Kier molecular flexibility index (Phi) is 3.85. The molecule has 1 heterocycles. The zero-order valence-corrected chi connectivity index (χ0v) is 13.1. The van der Waals surface area contributed by atoms with E-state index in [1.807, 2.05) is 0 Å². The first-order chi connectivity index (χ1) is 10.3. The van der Waals surface area contributed by atoms with Gasteiger partial charge in [0, 0.05) is 19.7 Å². The molecule has 2 atom stereocenters. The molecule has 2 rings (SSSR count). The molecule has 1 aromatic carbocycles. The number of alkyl halides is 3. The summed E-state index contributed by atoms with van der Waals surface area (Å²) in [5, 5.41) is 0. The van der Waals surface area contributed by atoms with Gasteiger partial charge in [0.1, 0.15) is 17.1 Å². The quantitative estimate of drug-likeness (QED) is 0.358. The summed E-state index contributed by atoms with van der Waals surface area (Å²) in [5.41, 5.74) is 4.10. The largest absolute Gasteiger partial charge is 0.422 e. The minimum Gasteiger partial charge on any atom is -0.398 e. The molecule has 1 aliphatic rings. The number of benzene rings is 1. The Morgan fingerprint density at radius 3 is 2.13 bits per heavy atom. The Morgan fingerprint density at radius 1 is 1.22 bits per heavy atom. The van der Waals surface area contributed by atoms with Crippen molar-refractivity contribution in [2.24, 2.45) is 5.84 Å². The lowest BCUT2D eigenvalue weighted by molar-refractivity contribution is -0.918. The Bertz CT molecular complexity index is 693. The minimum absolute atomic E-state index is 0.396. The minimum atomic E-state index is -5.18. The first kappa shape index (κ1) is 17.5. The Labute approximate surface area is 130 Å². The van der Waals surface area contributed by atoms with E-state index in [9.17, 15) is 22.0 Å². The molecule has 4 N–H and O–H groups in total. The monoisotopic (exact) mass is 337 g/mol. The van der Waals surface area contributed by atoms with Crippen LogP contribution in [-0.2, 0) is 6.18 Å². The van der Waals surface area contributed by atoms with E-state index in [1.54, 1.807) is 20.9 Å². The van der Waals surface area contributed by atoms with Gasteiger partial charge in [-0.15, -0.1) is 0 Å².